The predicted octanol–water partition coefficient (Wildman–Crippen LogP) is 1.93. The third-order valence-electron chi connectivity index (χ3n) is 1.30. The van der Waals surface area contributed by atoms with Gasteiger partial charge in [-0.05, 0) is 19.0 Å². The summed E-state index contributed by atoms with van der Waals surface area (Å²) in [6.45, 7) is 4.22. The molecule has 0 amide bonds. The minimum Gasteiger partial charge on any atom is -0.305 e. The molecule has 0 spiro atoms. The lowest BCUT2D eigenvalue weighted by Gasteiger charge is -1.96. The molecular weight excluding hydrogens is 121 g/mol. The number of hydrogen-bond donors (Lipinski definition) is 0. The topological polar surface area (TPSA) is 12.4 Å². The van der Waals surface area contributed by atoms with E-state index in [4.69, 9.17) is 7.85 Å². The molecule has 0 aromatic rings. The summed E-state index contributed by atoms with van der Waals surface area (Å²) < 4.78 is 0. The minimum atomic E-state index is 0.617. The number of rotatable bonds is 3. The van der Waals surface area contributed by atoms with E-state index in [0.717, 1.165) is 6.42 Å². The first-order valence-corrected chi connectivity index (χ1v) is 3.60. The summed E-state index contributed by atoms with van der Waals surface area (Å²) >= 11 is 0. The van der Waals surface area contributed by atoms with E-state index in [1.165, 1.54) is 12.0 Å². The molecule has 0 heterocycles. The highest BCUT2D eigenvalue weighted by atomic mass is 14.6. The van der Waals surface area contributed by atoms with Crippen molar-refractivity contribution in [2.75, 3.05) is 7.05 Å². The van der Waals surface area contributed by atoms with Crippen LogP contribution in [0.2, 0.25) is 0 Å². The zero-order chi connectivity index (χ0) is 7.98. The maximum absolute atomic E-state index is 5.48. The van der Waals surface area contributed by atoms with Crippen LogP contribution >= 0.6 is 0 Å². The van der Waals surface area contributed by atoms with Gasteiger partial charge in [-0.2, -0.15) is 0 Å². The van der Waals surface area contributed by atoms with Crippen molar-refractivity contribution in [3.05, 3.63) is 11.6 Å². The Balaban J connectivity index is 3.90. The third-order valence-corrected chi connectivity index (χ3v) is 1.30. The van der Waals surface area contributed by atoms with Gasteiger partial charge < -0.3 is 4.99 Å². The molecular formula is C8H14BN. The molecule has 0 aromatic heterocycles. The molecule has 0 atom stereocenters. The smallest absolute Gasteiger partial charge is 0.141 e. The number of aliphatic imine (C=N–C) groups is 1. The fourth-order valence-corrected chi connectivity index (χ4v) is 0.784. The standard InChI is InChI=1S/C8H14BN/c1-4-5-7(2)6-8(9)10-3/h6H,4-5H2,1-3H3/b7-6-,10-8?. The Morgan fingerprint density at radius 3 is 2.60 bits per heavy atom. The molecule has 0 N–H and O–H groups in total. The first-order chi connectivity index (χ1) is 4.70. The zero-order valence-corrected chi connectivity index (χ0v) is 7.02. The van der Waals surface area contributed by atoms with Crippen LogP contribution in [0, 0.1) is 0 Å². The van der Waals surface area contributed by atoms with Gasteiger partial charge in [-0.1, -0.05) is 25.0 Å². The van der Waals surface area contributed by atoms with Gasteiger partial charge >= 0.3 is 0 Å². The normalized spacial score (nSPS) is 13.9. The Labute approximate surface area is 64.7 Å². The number of nitrogens with zero attached hydrogens (tertiary/aromatic N) is 1. The van der Waals surface area contributed by atoms with Gasteiger partial charge in [0.15, 0.2) is 0 Å². The Hall–Kier alpha value is -0.525. The SMILES string of the molecule is [B]C(/C=C(/C)CCC)=NC. The maximum atomic E-state index is 5.48. The lowest BCUT2D eigenvalue weighted by molar-refractivity contribution is 0.907. The van der Waals surface area contributed by atoms with Gasteiger partial charge in [0.1, 0.15) is 7.85 Å². The van der Waals surface area contributed by atoms with Crippen LogP contribution in [0.25, 0.3) is 0 Å². The van der Waals surface area contributed by atoms with Crippen molar-refractivity contribution >= 4 is 13.5 Å². The molecule has 0 saturated carbocycles. The molecule has 0 aliphatic heterocycles. The van der Waals surface area contributed by atoms with Gasteiger partial charge in [-0.3, -0.25) is 0 Å². The van der Waals surface area contributed by atoms with Crippen LogP contribution in [0.5, 0.6) is 0 Å². The summed E-state index contributed by atoms with van der Waals surface area (Å²) in [7, 11) is 7.18. The molecule has 0 aliphatic carbocycles. The monoisotopic (exact) mass is 135 g/mol. The lowest BCUT2D eigenvalue weighted by Crippen LogP contribution is -1.92. The highest BCUT2D eigenvalue weighted by Gasteiger charge is 1.87. The van der Waals surface area contributed by atoms with E-state index in [2.05, 4.69) is 18.8 Å². The fraction of sp³-hybridized carbons (Fsp3) is 0.625. The average molecular weight is 135 g/mol. The fourth-order valence-electron chi connectivity index (χ4n) is 0.784. The van der Waals surface area contributed by atoms with Crippen LogP contribution in [0.15, 0.2) is 16.6 Å². The number of allylic oxidation sites excluding steroid dienone is 2. The van der Waals surface area contributed by atoms with E-state index in [9.17, 15) is 0 Å². The largest absolute Gasteiger partial charge is 0.305 e. The van der Waals surface area contributed by atoms with Crippen molar-refractivity contribution in [3.63, 3.8) is 0 Å². The summed E-state index contributed by atoms with van der Waals surface area (Å²) in [6.07, 6.45) is 4.19. The van der Waals surface area contributed by atoms with E-state index in [-0.39, 0.29) is 0 Å². The summed E-state index contributed by atoms with van der Waals surface area (Å²) in [5, 5.41) is 0. The van der Waals surface area contributed by atoms with Crippen LogP contribution < -0.4 is 0 Å². The molecule has 10 heavy (non-hydrogen) atoms. The molecule has 0 fully saturated rings. The molecule has 0 rings (SSSR count). The van der Waals surface area contributed by atoms with Crippen LogP contribution in [0.1, 0.15) is 26.7 Å². The van der Waals surface area contributed by atoms with Crippen molar-refractivity contribution in [2.24, 2.45) is 4.99 Å². The molecule has 2 radical (unpaired) electrons. The van der Waals surface area contributed by atoms with Gasteiger partial charge in [0.2, 0.25) is 0 Å². The first-order valence-electron chi connectivity index (χ1n) is 3.60. The zero-order valence-electron chi connectivity index (χ0n) is 7.02. The molecule has 0 unspecified atom stereocenters. The molecule has 1 nitrogen and oxygen atoms in total. The van der Waals surface area contributed by atoms with Gasteiger partial charge in [0.25, 0.3) is 0 Å². The van der Waals surface area contributed by atoms with E-state index < -0.39 is 0 Å². The van der Waals surface area contributed by atoms with Crippen LogP contribution in [0.3, 0.4) is 0 Å². The molecule has 0 bridgehead atoms. The minimum absolute atomic E-state index is 0.617. The van der Waals surface area contributed by atoms with Crippen molar-refractivity contribution in [1.82, 2.24) is 0 Å². The van der Waals surface area contributed by atoms with E-state index in [1.807, 2.05) is 6.08 Å². The van der Waals surface area contributed by atoms with Gasteiger partial charge in [-0.25, -0.2) is 0 Å². The summed E-state index contributed by atoms with van der Waals surface area (Å²) in [5.74, 6) is 0. The Kier molecular flexibility index (Phi) is 5.00. The second-order valence-electron chi connectivity index (χ2n) is 2.39. The lowest BCUT2D eigenvalue weighted by atomic mass is 9.98. The Morgan fingerprint density at radius 2 is 2.20 bits per heavy atom. The Morgan fingerprint density at radius 1 is 1.60 bits per heavy atom. The second-order valence-corrected chi connectivity index (χ2v) is 2.39. The molecule has 0 aliphatic rings. The maximum Gasteiger partial charge on any atom is 0.141 e. The Bertz CT molecular complexity index is 147. The van der Waals surface area contributed by atoms with Crippen molar-refractivity contribution in [2.45, 2.75) is 26.7 Å². The average Bonchev–Trinajstić information content (AvgIpc) is 1.88. The van der Waals surface area contributed by atoms with Gasteiger partial charge in [-0.15, -0.1) is 0 Å². The summed E-state index contributed by atoms with van der Waals surface area (Å²) in [4.78, 5) is 3.83. The van der Waals surface area contributed by atoms with E-state index in [1.54, 1.807) is 7.05 Å². The van der Waals surface area contributed by atoms with Gasteiger partial charge in [0.05, 0.1) is 0 Å². The predicted molar refractivity (Wildman–Crippen MR) is 47.8 cm³/mol. The van der Waals surface area contributed by atoms with Crippen molar-refractivity contribution in [3.8, 4) is 0 Å². The van der Waals surface area contributed by atoms with E-state index in [0.29, 0.717) is 5.61 Å². The number of hydrogen-bond acceptors (Lipinski definition) is 1. The summed E-state index contributed by atoms with van der Waals surface area (Å²) in [6, 6.07) is 0. The third kappa shape index (κ3) is 4.36. The molecule has 0 aromatic carbocycles. The highest BCUT2D eigenvalue weighted by molar-refractivity contribution is 6.63. The second kappa shape index (κ2) is 5.27. The van der Waals surface area contributed by atoms with Gasteiger partial charge in [0, 0.05) is 7.05 Å². The quantitative estimate of drug-likeness (QED) is 0.414. The van der Waals surface area contributed by atoms with Crippen LogP contribution in [-0.2, 0) is 0 Å². The van der Waals surface area contributed by atoms with E-state index >= 15 is 0 Å². The van der Waals surface area contributed by atoms with Crippen LogP contribution in [-0.4, -0.2) is 20.5 Å². The molecule has 0 saturated heterocycles. The highest BCUT2D eigenvalue weighted by Crippen LogP contribution is 2.01. The first kappa shape index (κ1) is 9.47. The van der Waals surface area contributed by atoms with Crippen LogP contribution in [0.4, 0.5) is 0 Å². The van der Waals surface area contributed by atoms with Crippen molar-refractivity contribution < 1.29 is 0 Å². The van der Waals surface area contributed by atoms with Crippen molar-refractivity contribution in [1.29, 1.82) is 0 Å². The molecule has 54 valence electrons. The summed E-state index contributed by atoms with van der Waals surface area (Å²) in [5.41, 5.74) is 1.91. The molecule has 2 heteroatoms.